The Kier molecular flexibility index (Phi) is 3.62. The van der Waals surface area contributed by atoms with E-state index in [-0.39, 0.29) is 5.60 Å². The fourth-order valence-electron chi connectivity index (χ4n) is 2.94. The van der Waals surface area contributed by atoms with Crippen molar-refractivity contribution in [1.29, 1.82) is 0 Å². The number of hydrogen-bond donors (Lipinski definition) is 0. The highest BCUT2D eigenvalue weighted by Crippen LogP contribution is 2.46. The monoisotopic (exact) mass is 230 g/mol. The van der Waals surface area contributed by atoms with Gasteiger partial charge in [-0.25, -0.2) is 0 Å². The minimum Gasteiger partial charge on any atom is -0.375 e. The Morgan fingerprint density at radius 3 is 2.67 bits per heavy atom. The van der Waals surface area contributed by atoms with Gasteiger partial charge in [0.25, 0.3) is 0 Å². The smallest absolute Gasteiger partial charge is 0.0685 e. The van der Waals surface area contributed by atoms with E-state index in [1.165, 1.54) is 32.1 Å². The first kappa shape index (κ1) is 11.7. The van der Waals surface area contributed by atoms with Crippen molar-refractivity contribution in [2.24, 2.45) is 11.8 Å². The molecule has 2 aliphatic rings. The van der Waals surface area contributed by atoms with Crippen molar-refractivity contribution in [3.63, 3.8) is 0 Å². The maximum atomic E-state index is 6.51. The molecule has 1 spiro atoms. The molecule has 1 heterocycles. The van der Waals surface area contributed by atoms with E-state index in [0.717, 1.165) is 13.0 Å². The van der Waals surface area contributed by atoms with Gasteiger partial charge in [-0.05, 0) is 50.4 Å². The van der Waals surface area contributed by atoms with E-state index in [1.54, 1.807) is 0 Å². The Labute approximate surface area is 98.5 Å². The Balaban J connectivity index is 1.86. The van der Waals surface area contributed by atoms with Gasteiger partial charge < -0.3 is 4.74 Å². The van der Waals surface area contributed by atoms with E-state index in [4.69, 9.17) is 16.3 Å². The van der Waals surface area contributed by atoms with Crippen LogP contribution in [0.1, 0.15) is 52.4 Å². The van der Waals surface area contributed by atoms with Crippen molar-refractivity contribution in [2.75, 3.05) is 6.61 Å². The van der Waals surface area contributed by atoms with Crippen molar-refractivity contribution in [3.05, 3.63) is 0 Å². The number of hydrogen-bond acceptors (Lipinski definition) is 1. The van der Waals surface area contributed by atoms with Gasteiger partial charge in [-0.2, -0.15) is 0 Å². The van der Waals surface area contributed by atoms with Crippen LogP contribution in [0.5, 0.6) is 0 Å². The lowest BCUT2D eigenvalue weighted by molar-refractivity contribution is -0.143. The van der Waals surface area contributed by atoms with Gasteiger partial charge in [0.15, 0.2) is 0 Å². The molecule has 1 nitrogen and oxygen atoms in total. The van der Waals surface area contributed by atoms with Gasteiger partial charge in [0.2, 0.25) is 0 Å². The maximum Gasteiger partial charge on any atom is 0.0685 e. The number of halogens is 1. The van der Waals surface area contributed by atoms with Gasteiger partial charge in [0.1, 0.15) is 0 Å². The SMILES string of the molecule is CC(C)CC(Cl)C1CCOC2(CCC2)C1. The molecule has 0 bridgehead atoms. The lowest BCUT2D eigenvalue weighted by atomic mass is 9.71. The van der Waals surface area contributed by atoms with Crippen LogP contribution >= 0.6 is 11.6 Å². The molecule has 1 saturated carbocycles. The van der Waals surface area contributed by atoms with Crippen LogP contribution < -0.4 is 0 Å². The van der Waals surface area contributed by atoms with Gasteiger partial charge >= 0.3 is 0 Å². The third-order valence-corrected chi connectivity index (χ3v) is 4.54. The minimum absolute atomic E-state index is 0.257. The predicted molar refractivity (Wildman–Crippen MR) is 64.4 cm³/mol. The van der Waals surface area contributed by atoms with Gasteiger partial charge in [0, 0.05) is 12.0 Å². The lowest BCUT2D eigenvalue weighted by Gasteiger charge is -2.48. The van der Waals surface area contributed by atoms with E-state index in [0.29, 0.717) is 17.2 Å². The molecule has 0 N–H and O–H groups in total. The van der Waals surface area contributed by atoms with Crippen LogP contribution in [0.2, 0.25) is 0 Å². The molecule has 0 aromatic rings. The average molecular weight is 231 g/mol. The van der Waals surface area contributed by atoms with Gasteiger partial charge in [-0.15, -0.1) is 11.6 Å². The Hall–Kier alpha value is 0.250. The third-order valence-electron chi connectivity index (χ3n) is 4.00. The summed E-state index contributed by atoms with van der Waals surface area (Å²) in [6.45, 7) is 5.45. The van der Waals surface area contributed by atoms with Gasteiger partial charge in [-0.1, -0.05) is 13.8 Å². The summed E-state index contributed by atoms with van der Waals surface area (Å²) in [4.78, 5) is 0. The van der Waals surface area contributed by atoms with Crippen LogP contribution in [0.15, 0.2) is 0 Å². The molecule has 15 heavy (non-hydrogen) atoms. The molecule has 0 amide bonds. The zero-order valence-corrected chi connectivity index (χ0v) is 10.7. The maximum absolute atomic E-state index is 6.51. The first-order valence-electron chi connectivity index (χ1n) is 6.39. The van der Waals surface area contributed by atoms with Crippen LogP contribution in [0.3, 0.4) is 0 Å². The molecular formula is C13H23ClO. The lowest BCUT2D eigenvalue weighted by Crippen LogP contribution is -2.47. The highest BCUT2D eigenvalue weighted by atomic mass is 35.5. The van der Waals surface area contributed by atoms with Crippen LogP contribution in [0, 0.1) is 11.8 Å². The number of ether oxygens (including phenoxy) is 1. The molecule has 1 aliphatic carbocycles. The van der Waals surface area contributed by atoms with Crippen LogP contribution in [-0.2, 0) is 4.74 Å². The molecule has 2 unspecified atom stereocenters. The summed E-state index contributed by atoms with van der Waals surface area (Å²) in [5.74, 6) is 1.41. The standard InChI is InChI=1S/C13H23ClO/c1-10(2)8-12(14)11-4-7-15-13(9-11)5-3-6-13/h10-12H,3-9H2,1-2H3. The molecule has 2 heteroatoms. The van der Waals surface area contributed by atoms with Crippen molar-refractivity contribution < 1.29 is 4.74 Å². The second-order valence-corrected chi connectivity index (χ2v) is 6.34. The molecule has 2 fully saturated rings. The summed E-state index contributed by atoms with van der Waals surface area (Å²) in [5, 5.41) is 0.367. The summed E-state index contributed by atoms with van der Waals surface area (Å²) in [5.41, 5.74) is 0.257. The molecule has 0 aromatic heterocycles. The highest BCUT2D eigenvalue weighted by Gasteiger charge is 2.43. The molecule has 2 rings (SSSR count). The van der Waals surface area contributed by atoms with Crippen molar-refractivity contribution in [2.45, 2.75) is 63.4 Å². The van der Waals surface area contributed by atoms with Crippen LogP contribution in [-0.4, -0.2) is 17.6 Å². The largest absolute Gasteiger partial charge is 0.375 e. The quantitative estimate of drug-likeness (QED) is 0.667. The summed E-state index contributed by atoms with van der Waals surface area (Å²) in [6.07, 6.45) is 7.44. The fraction of sp³-hybridized carbons (Fsp3) is 1.00. The molecule has 1 aliphatic heterocycles. The normalized spacial score (nSPS) is 31.6. The zero-order chi connectivity index (χ0) is 10.9. The summed E-state index contributed by atoms with van der Waals surface area (Å²) in [7, 11) is 0. The highest BCUT2D eigenvalue weighted by molar-refractivity contribution is 6.20. The molecular weight excluding hydrogens is 208 g/mol. The first-order chi connectivity index (χ1) is 7.11. The number of alkyl halides is 1. The van der Waals surface area contributed by atoms with E-state index in [9.17, 15) is 0 Å². The second kappa shape index (κ2) is 4.63. The molecule has 0 radical (unpaired) electrons. The topological polar surface area (TPSA) is 9.23 Å². The Morgan fingerprint density at radius 1 is 1.40 bits per heavy atom. The summed E-state index contributed by atoms with van der Waals surface area (Å²) >= 11 is 6.51. The van der Waals surface area contributed by atoms with Gasteiger partial charge in [-0.3, -0.25) is 0 Å². The van der Waals surface area contributed by atoms with E-state index in [2.05, 4.69) is 13.8 Å². The predicted octanol–water partition coefficient (Wildman–Crippen LogP) is 3.99. The molecule has 2 atom stereocenters. The van der Waals surface area contributed by atoms with E-state index in [1.807, 2.05) is 0 Å². The average Bonchev–Trinajstić information content (AvgIpc) is 2.14. The van der Waals surface area contributed by atoms with Crippen molar-refractivity contribution >= 4 is 11.6 Å². The van der Waals surface area contributed by atoms with Crippen LogP contribution in [0.4, 0.5) is 0 Å². The molecule has 0 aromatic carbocycles. The van der Waals surface area contributed by atoms with E-state index < -0.39 is 0 Å². The molecule has 88 valence electrons. The number of rotatable bonds is 3. The van der Waals surface area contributed by atoms with E-state index >= 15 is 0 Å². The van der Waals surface area contributed by atoms with Gasteiger partial charge in [0.05, 0.1) is 5.60 Å². The third kappa shape index (κ3) is 2.68. The van der Waals surface area contributed by atoms with Crippen molar-refractivity contribution in [3.8, 4) is 0 Å². The zero-order valence-electron chi connectivity index (χ0n) is 9.97. The van der Waals surface area contributed by atoms with Crippen LogP contribution in [0.25, 0.3) is 0 Å². The Morgan fingerprint density at radius 2 is 2.13 bits per heavy atom. The molecule has 1 saturated heterocycles. The minimum atomic E-state index is 0.257. The van der Waals surface area contributed by atoms with Crippen molar-refractivity contribution in [1.82, 2.24) is 0 Å². The Bertz CT molecular complexity index is 211. The summed E-state index contributed by atoms with van der Waals surface area (Å²) < 4.78 is 5.93. The second-order valence-electron chi connectivity index (χ2n) is 5.78. The summed E-state index contributed by atoms with van der Waals surface area (Å²) in [6, 6.07) is 0. The fourth-order valence-corrected chi connectivity index (χ4v) is 3.51. The first-order valence-corrected chi connectivity index (χ1v) is 6.83.